The van der Waals surface area contributed by atoms with E-state index in [1.165, 1.54) is 0 Å². The third kappa shape index (κ3) is 8.07. The highest BCUT2D eigenvalue weighted by molar-refractivity contribution is 7.98. The van der Waals surface area contributed by atoms with E-state index in [-0.39, 0.29) is 30.7 Å². The van der Waals surface area contributed by atoms with Crippen LogP contribution in [0.15, 0.2) is 24.3 Å². The maximum atomic E-state index is 12.4. The predicted molar refractivity (Wildman–Crippen MR) is 99.9 cm³/mol. The second-order valence-corrected chi connectivity index (χ2v) is 7.11. The molecule has 0 aromatic heterocycles. The third-order valence-corrected chi connectivity index (χ3v) is 4.30. The number of aliphatic carboxylic acids is 1. The van der Waals surface area contributed by atoms with Gasteiger partial charge in [-0.2, -0.15) is 11.8 Å². The van der Waals surface area contributed by atoms with Crippen molar-refractivity contribution >= 4 is 29.5 Å². The zero-order valence-corrected chi connectivity index (χ0v) is 15.7. The maximum absolute atomic E-state index is 12.4. The minimum atomic E-state index is -0.895. The normalized spacial score (nSPS) is 12.9. The molecule has 0 aliphatic rings. The van der Waals surface area contributed by atoms with E-state index in [9.17, 15) is 14.4 Å². The second kappa shape index (κ2) is 10.8. The molecule has 3 N–H and O–H groups in total. The van der Waals surface area contributed by atoms with Gasteiger partial charge in [-0.1, -0.05) is 24.6 Å². The molecule has 1 aromatic rings. The molecule has 0 spiro atoms. The number of carboxylic acid groups (broad SMARTS) is 1. The Morgan fingerprint density at radius 2 is 2.00 bits per heavy atom. The topological polar surface area (TPSA) is 95.5 Å². The zero-order valence-electron chi connectivity index (χ0n) is 14.9. The van der Waals surface area contributed by atoms with Crippen molar-refractivity contribution in [3.8, 4) is 0 Å². The van der Waals surface area contributed by atoms with Gasteiger partial charge in [0.05, 0.1) is 0 Å². The molecule has 1 rings (SSSR count). The van der Waals surface area contributed by atoms with Crippen LogP contribution in [0, 0.1) is 12.8 Å². The first-order valence-electron chi connectivity index (χ1n) is 8.19. The van der Waals surface area contributed by atoms with Crippen LogP contribution in [0.3, 0.4) is 0 Å². The first-order valence-corrected chi connectivity index (χ1v) is 9.58. The number of nitrogens with one attached hydrogen (secondary N) is 2. The molecule has 7 heteroatoms. The number of carbonyl (C=O) groups is 3. The quantitative estimate of drug-likeness (QED) is 0.589. The van der Waals surface area contributed by atoms with Crippen molar-refractivity contribution in [3.63, 3.8) is 0 Å². The number of carbonyl (C=O) groups excluding carboxylic acids is 2. The van der Waals surface area contributed by atoms with Crippen LogP contribution < -0.4 is 10.6 Å². The highest BCUT2D eigenvalue weighted by Crippen LogP contribution is 2.07. The van der Waals surface area contributed by atoms with Gasteiger partial charge in [-0.15, -0.1) is 0 Å². The first kappa shape index (κ1) is 21.0. The third-order valence-electron chi connectivity index (χ3n) is 3.66. The van der Waals surface area contributed by atoms with Gasteiger partial charge in [0.2, 0.25) is 5.91 Å². The van der Waals surface area contributed by atoms with Crippen molar-refractivity contribution in [2.45, 2.75) is 32.7 Å². The standard InChI is InChI=1S/C18H26N2O4S/c1-12-5-4-6-14(9-12)17(23)20-15(7-8-25-3)18(24)19-11-13(2)10-16(21)22/h4-6,9,13,15H,7-8,10-11H2,1-3H3,(H,19,24)(H,20,23)(H,21,22). The Balaban J connectivity index is 2.67. The minimum absolute atomic E-state index is 0.00852. The lowest BCUT2D eigenvalue weighted by Gasteiger charge is -2.19. The number of rotatable bonds is 10. The zero-order chi connectivity index (χ0) is 18.8. The molecule has 25 heavy (non-hydrogen) atoms. The molecule has 2 atom stereocenters. The smallest absolute Gasteiger partial charge is 0.303 e. The summed E-state index contributed by atoms with van der Waals surface area (Å²) >= 11 is 1.60. The first-order chi connectivity index (χ1) is 11.8. The molecule has 0 saturated heterocycles. The van der Waals surface area contributed by atoms with Gasteiger partial charge in [0.15, 0.2) is 0 Å². The van der Waals surface area contributed by atoms with Crippen LogP contribution in [0.2, 0.25) is 0 Å². The van der Waals surface area contributed by atoms with Gasteiger partial charge < -0.3 is 15.7 Å². The molecule has 6 nitrogen and oxygen atoms in total. The lowest BCUT2D eigenvalue weighted by molar-refractivity contribution is -0.138. The molecular weight excluding hydrogens is 340 g/mol. The molecule has 0 bridgehead atoms. The lowest BCUT2D eigenvalue weighted by atomic mass is 10.1. The van der Waals surface area contributed by atoms with E-state index in [0.717, 1.165) is 11.3 Å². The summed E-state index contributed by atoms with van der Waals surface area (Å²) in [6.07, 6.45) is 2.44. The van der Waals surface area contributed by atoms with E-state index in [0.29, 0.717) is 12.0 Å². The Kier molecular flexibility index (Phi) is 9.05. The summed E-state index contributed by atoms with van der Waals surface area (Å²) in [5.41, 5.74) is 1.49. The summed E-state index contributed by atoms with van der Waals surface area (Å²) in [4.78, 5) is 35.5. The maximum Gasteiger partial charge on any atom is 0.303 e. The van der Waals surface area contributed by atoms with E-state index >= 15 is 0 Å². The fourth-order valence-electron chi connectivity index (χ4n) is 2.30. The van der Waals surface area contributed by atoms with Gasteiger partial charge >= 0.3 is 5.97 Å². The Morgan fingerprint density at radius 1 is 1.28 bits per heavy atom. The Labute approximate surface area is 152 Å². The summed E-state index contributed by atoms with van der Waals surface area (Å²) < 4.78 is 0. The molecule has 0 fully saturated rings. The van der Waals surface area contributed by atoms with E-state index < -0.39 is 12.0 Å². The average molecular weight is 366 g/mol. The molecule has 138 valence electrons. The summed E-state index contributed by atoms with van der Waals surface area (Å²) in [5.74, 6) is -0.906. The summed E-state index contributed by atoms with van der Waals surface area (Å²) in [7, 11) is 0. The molecule has 2 amide bonds. The van der Waals surface area contributed by atoms with Crippen molar-refractivity contribution in [2.75, 3.05) is 18.6 Å². The summed E-state index contributed by atoms with van der Waals surface area (Å²) in [6.45, 7) is 3.93. The van der Waals surface area contributed by atoms with Crippen LogP contribution in [0.25, 0.3) is 0 Å². The van der Waals surface area contributed by atoms with Crippen molar-refractivity contribution in [2.24, 2.45) is 5.92 Å². The minimum Gasteiger partial charge on any atom is -0.481 e. The van der Waals surface area contributed by atoms with Gasteiger partial charge in [-0.05, 0) is 43.4 Å². The highest BCUT2D eigenvalue weighted by atomic mass is 32.2. The van der Waals surface area contributed by atoms with E-state index in [4.69, 9.17) is 5.11 Å². The largest absolute Gasteiger partial charge is 0.481 e. The fraction of sp³-hybridized carbons (Fsp3) is 0.500. The van der Waals surface area contributed by atoms with Crippen molar-refractivity contribution in [3.05, 3.63) is 35.4 Å². The van der Waals surface area contributed by atoms with Gasteiger partial charge in [-0.3, -0.25) is 14.4 Å². The monoisotopic (exact) mass is 366 g/mol. The van der Waals surface area contributed by atoms with E-state index in [1.54, 1.807) is 36.9 Å². The lowest BCUT2D eigenvalue weighted by Crippen LogP contribution is -2.48. The molecule has 0 saturated carbocycles. The Morgan fingerprint density at radius 3 is 2.60 bits per heavy atom. The van der Waals surface area contributed by atoms with Crippen molar-refractivity contribution in [1.82, 2.24) is 10.6 Å². The van der Waals surface area contributed by atoms with Gasteiger partial charge in [0, 0.05) is 18.5 Å². The summed E-state index contributed by atoms with van der Waals surface area (Å²) in [5, 5.41) is 14.3. The number of aryl methyl sites for hydroxylation is 1. The van der Waals surface area contributed by atoms with Crippen molar-refractivity contribution in [1.29, 1.82) is 0 Å². The van der Waals surface area contributed by atoms with E-state index in [1.807, 2.05) is 19.2 Å². The SMILES string of the molecule is CSCCC(NC(=O)c1cccc(C)c1)C(=O)NCC(C)CC(=O)O. The number of hydrogen-bond acceptors (Lipinski definition) is 4. The van der Waals surface area contributed by atoms with E-state index in [2.05, 4.69) is 10.6 Å². The van der Waals surface area contributed by atoms with Gasteiger partial charge in [0.1, 0.15) is 6.04 Å². The second-order valence-electron chi connectivity index (χ2n) is 6.13. The molecule has 2 unspecified atom stereocenters. The Hall–Kier alpha value is -2.02. The number of carboxylic acids is 1. The highest BCUT2D eigenvalue weighted by Gasteiger charge is 2.21. The summed E-state index contributed by atoms with van der Waals surface area (Å²) in [6, 6.07) is 6.54. The van der Waals surface area contributed by atoms with Crippen LogP contribution in [-0.2, 0) is 9.59 Å². The molecule has 0 radical (unpaired) electrons. The molecule has 0 aliphatic heterocycles. The van der Waals surface area contributed by atoms with Crippen LogP contribution in [0.5, 0.6) is 0 Å². The van der Waals surface area contributed by atoms with Crippen LogP contribution >= 0.6 is 11.8 Å². The molecule has 0 heterocycles. The fourth-order valence-corrected chi connectivity index (χ4v) is 2.77. The molecular formula is C18H26N2O4S. The van der Waals surface area contributed by atoms with Crippen molar-refractivity contribution < 1.29 is 19.5 Å². The number of thioether (sulfide) groups is 1. The number of benzene rings is 1. The van der Waals surface area contributed by atoms with Gasteiger partial charge in [0.25, 0.3) is 5.91 Å². The van der Waals surface area contributed by atoms with Crippen LogP contribution in [0.4, 0.5) is 0 Å². The van der Waals surface area contributed by atoms with Crippen LogP contribution in [-0.4, -0.2) is 47.5 Å². The van der Waals surface area contributed by atoms with Crippen LogP contribution in [0.1, 0.15) is 35.7 Å². The molecule has 0 aliphatic carbocycles. The molecule has 1 aromatic carbocycles. The van der Waals surface area contributed by atoms with Gasteiger partial charge in [-0.25, -0.2) is 0 Å². The average Bonchev–Trinajstić information content (AvgIpc) is 2.55. The number of hydrogen-bond donors (Lipinski definition) is 3. The Bertz CT molecular complexity index is 606. The predicted octanol–water partition coefficient (Wildman–Crippen LogP) is 2.07. The number of amides is 2.